The third kappa shape index (κ3) is 3.23. The van der Waals surface area contributed by atoms with Crippen LogP contribution in [0.3, 0.4) is 0 Å². The molecule has 0 radical (unpaired) electrons. The Balaban J connectivity index is 1.52. The van der Waals surface area contributed by atoms with Gasteiger partial charge in [-0.05, 0) is 37.9 Å². The molecule has 5 nitrogen and oxygen atoms in total. The first-order valence-electron chi connectivity index (χ1n) is 7.00. The molecular weight excluding hydrogens is 242 g/mol. The molecule has 2 aromatic rings. The second kappa shape index (κ2) is 5.57. The third-order valence-electron chi connectivity index (χ3n) is 3.27. The van der Waals surface area contributed by atoms with Crippen molar-refractivity contribution in [3.05, 3.63) is 23.8 Å². The maximum Gasteiger partial charge on any atom is 0.283 e. The smallest absolute Gasteiger partial charge is 0.283 e. The number of furan rings is 1. The minimum atomic E-state index is 0.477. The van der Waals surface area contributed by atoms with Gasteiger partial charge in [0.25, 0.3) is 5.89 Å². The van der Waals surface area contributed by atoms with Crippen LogP contribution in [0, 0.1) is 0 Å². The van der Waals surface area contributed by atoms with E-state index in [1.54, 1.807) is 0 Å². The zero-order valence-electron chi connectivity index (χ0n) is 11.2. The van der Waals surface area contributed by atoms with Gasteiger partial charge in [0.1, 0.15) is 5.76 Å². The highest BCUT2D eigenvalue weighted by Gasteiger charge is 2.19. The monoisotopic (exact) mass is 261 g/mol. The molecule has 0 atom stereocenters. The summed E-state index contributed by atoms with van der Waals surface area (Å²) < 4.78 is 11.2. The van der Waals surface area contributed by atoms with Gasteiger partial charge in [0.05, 0.1) is 0 Å². The van der Waals surface area contributed by atoms with Crippen molar-refractivity contribution < 1.29 is 8.83 Å². The molecule has 2 aromatic heterocycles. The first-order chi connectivity index (χ1) is 9.35. The van der Waals surface area contributed by atoms with Crippen molar-refractivity contribution in [2.24, 2.45) is 0 Å². The van der Waals surface area contributed by atoms with Gasteiger partial charge in [-0.2, -0.15) is 0 Å². The Bertz CT molecular complexity index is 528. The summed E-state index contributed by atoms with van der Waals surface area (Å²) >= 11 is 0. The van der Waals surface area contributed by atoms with Crippen molar-refractivity contribution in [3.8, 4) is 11.7 Å². The molecule has 1 aliphatic rings. The molecule has 1 saturated carbocycles. The first-order valence-corrected chi connectivity index (χ1v) is 7.00. The lowest BCUT2D eigenvalue weighted by Gasteiger charge is -1.99. The molecule has 0 aromatic carbocycles. The number of aryl methyl sites for hydroxylation is 2. The summed E-state index contributed by atoms with van der Waals surface area (Å²) in [7, 11) is 0. The Morgan fingerprint density at radius 2 is 2.16 bits per heavy atom. The van der Waals surface area contributed by atoms with Gasteiger partial charge in [-0.25, -0.2) is 0 Å². The molecule has 0 saturated heterocycles. The molecule has 102 valence electrons. The van der Waals surface area contributed by atoms with Crippen LogP contribution >= 0.6 is 0 Å². The fraction of sp³-hybridized carbons (Fsp3) is 0.571. The van der Waals surface area contributed by atoms with Crippen LogP contribution in [-0.4, -0.2) is 22.8 Å². The highest BCUT2D eigenvalue weighted by Crippen LogP contribution is 2.21. The molecular formula is C14H19N3O2. The standard InChI is InChI=1S/C14H19N3O2/c1-2-11-7-8-12(18-11)14-17-16-13(19-14)4-3-9-15-10-5-6-10/h7-8,10,15H,2-6,9H2,1H3. The van der Waals surface area contributed by atoms with Gasteiger partial charge in [-0.15, -0.1) is 10.2 Å². The third-order valence-corrected chi connectivity index (χ3v) is 3.27. The molecule has 0 amide bonds. The van der Waals surface area contributed by atoms with Crippen LogP contribution in [0.1, 0.15) is 37.8 Å². The zero-order valence-corrected chi connectivity index (χ0v) is 11.2. The lowest BCUT2D eigenvalue weighted by molar-refractivity contribution is 0.461. The Labute approximate surface area is 112 Å². The van der Waals surface area contributed by atoms with Crippen molar-refractivity contribution in [1.82, 2.24) is 15.5 Å². The Morgan fingerprint density at radius 1 is 1.26 bits per heavy atom. The van der Waals surface area contributed by atoms with E-state index in [0.29, 0.717) is 17.5 Å². The van der Waals surface area contributed by atoms with Crippen LogP contribution < -0.4 is 5.32 Å². The highest BCUT2D eigenvalue weighted by molar-refractivity contribution is 5.43. The minimum Gasteiger partial charge on any atom is -0.456 e. The van der Waals surface area contributed by atoms with Gasteiger partial charge in [-0.1, -0.05) is 6.92 Å². The molecule has 0 spiro atoms. The van der Waals surface area contributed by atoms with Gasteiger partial charge in [0.2, 0.25) is 5.89 Å². The highest BCUT2D eigenvalue weighted by atomic mass is 16.4. The van der Waals surface area contributed by atoms with Gasteiger partial charge in [0.15, 0.2) is 5.76 Å². The van der Waals surface area contributed by atoms with Crippen LogP contribution in [0.25, 0.3) is 11.7 Å². The predicted molar refractivity (Wildman–Crippen MR) is 70.7 cm³/mol. The number of hydrogen-bond donors (Lipinski definition) is 1. The largest absolute Gasteiger partial charge is 0.456 e. The summed E-state index contributed by atoms with van der Waals surface area (Å²) in [5.74, 6) is 2.75. The van der Waals surface area contributed by atoms with Gasteiger partial charge >= 0.3 is 0 Å². The molecule has 0 aliphatic heterocycles. The summed E-state index contributed by atoms with van der Waals surface area (Å²) in [5.41, 5.74) is 0. The summed E-state index contributed by atoms with van der Waals surface area (Å²) in [5, 5.41) is 11.6. The van der Waals surface area contributed by atoms with E-state index in [2.05, 4.69) is 22.4 Å². The van der Waals surface area contributed by atoms with Crippen LogP contribution in [0.15, 0.2) is 21.0 Å². The summed E-state index contributed by atoms with van der Waals surface area (Å²) in [6.45, 7) is 3.07. The van der Waals surface area contributed by atoms with E-state index < -0.39 is 0 Å². The zero-order chi connectivity index (χ0) is 13.1. The van der Waals surface area contributed by atoms with Crippen molar-refractivity contribution in [1.29, 1.82) is 0 Å². The topological polar surface area (TPSA) is 64.1 Å². The quantitative estimate of drug-likeness (QED) is 0.776. The van der Waals surface area contributed by atoms with E-state index in [9.17, 15) is 0 Å². The van der Waals surface area contributed by atoms with Gasteiger partial charge < -0.3 is 14.2 Å². The predicted octanol–water partition coefficient (Wildman–Crippen LogP) is 2.58. The lowest BCUT2D eigenvalue weighted by Crippen LogP contribution is -2.17. The molecule has 1 aliphatic carbocycles. The summed E-state index contributed by atoms with van der Waals surface area (Å²) in [6.07, 6.45) is 5.35. The van der Waals surface area contributed by atoms with Crippen LogP contribution in [-0.2, 0) is 12.8 Å². The van der Waals surface area contributed by atoms with Crippen LogP contribution in [0.5, 0.6) is 0 Å². The molecule has 3 rings (SSSR count). The van der Waals surface area contributed by atoms with E-state index in [1.807, 2.05) is 12.1 Å². The molecule has 0 bridgehead atoms. The second-order valence-corrected chi connectivity index (χ2v) is 4.95. The summed E-state index contributed by atoms with van der Waals surface area (Å²) in [4.78, 5) is 0. The van der Waals surface area contributed by atoms with Gasteiger partial charge in [0, 0.05) is 18.9 Å². The average molecular weight is 261 g/mol. The number of hydrogen-bond acceptors (Lipinski definition) is 5. The summed E-state index contributed by atoms with van der Waals surface area (Å²) in [6, 6.07) is 4.58. The first kappa shape index (κ1) is 12.4. The number of nitrogens with one attached hydrogen (secondary N) is 1. The number of aromatic nitrogens is 2. The normalized spacial score (nSPS) is 15.0. The number of rotatable bonds is 7. The fourth-order valence-electron chi connectivity index (χ4n) is 1.97. The molecule has 0 unspecified atom stereocenters. The van der Waals surface area contributed by atoms with E-state index in [4.69, 9.17) is 8.83 Å². The van der Waals surface area contributed by atoms with Crippen LogP contribution in [0.4, 0.5) is 0 Å². The lowest BCUT2D eigenvalue weighted by atomic mass is 10.3. The molecule has 19 heavy (non-hydrogen) atoms. The van der Waals surface area contributed by atoms with E-state index in [0.717, 1.165) is 37.6 Å². The van der Waals surface area contributed by atoms with Crippen LogP contribution in [0.2, 0.25) is 0 Å². The van der Waals surface area contributed by atoms with Crippen molar-refractivity contribution in [3.63, 3.8) is 0 Å². The van der Waals surface area contributed by atoms with E-state index >= 15 is 0 Å². The molecule has 1 fully saturated rings. The number of nitrogens with zero attached hydrogens (tertiary/aromatic N) is 2. The van der Waals surface area contributed by atoms with E-state index in [-0.39, 0.29) is 0 Å². The fourth-order valence-corrected chi connectivity index (χ4v) is 1.97. The SMILES string of the molecule is CCc1ccc(-c2nnc(CCCNC3CC3)o2)o1. The maximum atomic E-state index is 5.61. The van der Waals surface area contributed by atoms with Crippen molar-refractivity contribution >= 4 is 0 Å². The van der Waals surface area contributed by atoms with Crippen molar-refractivity contribution in [2.45, 2.75) is 45.1 Å². The van der Waals surface area contributed by atoms with E-state index in [1.165, 1.54) is 12.8 Å². The Kier molecular flexibility index (Phi) is 3.64. The Hall–Kier alpha value is -1.62. The average Bonchev–Trinajstić information content (AvgIpc) is 2.94. The minimum absolute atomic E-state index is 0.477. The molecule has 1 N–H and O–H groups in total. The maximum absolute atomic E-state index is 5.61. The van der Waals surface area contributed by atoms with Gasteiger partial charge in [-0.3, -0.25) is 0 Å². The van der Waals surface area contributed by atoms with Crippen molar-refractivity contribution in [2.75, 3.05) is 6.54 Å². The molecule has 5 heteroatoms. The second-order valence-electron chi connectivity index (χ2n) is 4.95. The Morgan fingerprint density at radius 3 is 2.89 bits per heavy atom. The molecule has 2 heterocycles.